The number of rotatable bonds is 13. The van der Waals surface area contributed by atoms with Gasteiger partial charge in [0.05, 0.1) is 25.9 Å². The minimum atomic E-state index is -1.61. The van der Waals surface area contributed by atoms with Crippen LogP contribution in [0.1, 0.15) is 31.9 Å². The number of aliphatic hydroxyl groups is 2. The molecular weight excluding hydrogens is 524 g/mol. The van der Waals surface area contributed by atoms with Crippen molar-refractivity contribution in [1.29, 1.82) is 0 Å². The van der Waals surface area contributed by atoms with E-state index in [1.54, 1.807) is 25.7 Å². The first-order valence-electron chi connectivity index (χ1n) is 14.3. The third-order valence-corrected chi connectivity index (χ3v) is 7.75. The Bertz CT molecular complexity index is 1110. The summed E-state index contributed by atoms with van der Waals surface area (Å²) in [4.78, 5) is 17.7. The number of aliphatic hydroxyl groups excluding tert-OH is 2. The summed E-state index contributed by atoms with van der Waals surface area (Å²) in [5.41, 5.74) is 0.353. The lowest BCUT2D eigenvalue weighted by atomic mass is 9.86. The molecule has 9 nitrogen and oxygen atoms in total. The quantitative estimate of drug-likeness (QED) is 0.356. The summed E-state index contributed by atoms with van der Waals surface area (Å²) in [7, 11) is 0. The third kappa shape index (κ3) is 7.81. The van der Waals surface area contributed by atoms with Crippen molar-refractivity contribution >= 4 is 5.91 Å². The van der Waals surface area contributed by atoms with Crippen molar-refractivity contribution in [1.82, 2.24) is 9.80 Å². The normalized spacial score (nSPS) is 25.0. The van der Waals surface area contributed by atoms with Gasteiger partial charge in [-0.05, 0) is 31.9 Å². The molecule has 2 saturated heterocycles. The summed E-state index contributed by atoms with van der Waals surface area (Å²) < 4.78 is 24.5. The summed E-state index contributed by atoms with van der Waals surface area (Å²) in [6.45, 7) is 12.4. The number of hydrogen-bond acceptors (Lipinski definition) is 8. The lowest BCUT2D eigenvalue weighted by Crippen LogP contribution is -2.63. The van der Waals surface area contributed by atoms with E-state index in [4.69, 9.17) is 18.9 Å². The molecular formula is C32H44N2O7. The molecule has 5 atom stereocenters. The maximum atomic E-state index is 13.8. The Kier molecular flexibility index (Phi) is 10.7. The molecule has 0 spiro atoms. The zero-order chi connectivity index (χ0) is 29.5. The second kappa shape index (κ2) is 14.0. The molecule has 2 N–H and O–H groups in total. The number of carbonyl (C=O) groups excluding carboxylic acids is 1. The fourth-order valence-corrected chi connectivity index (χ4v) is 5.57. The second-order valence-electron chi connectivity index (χ2n) is 11.3. The molecule has 4 rings (SSSR count). The van der Waals surface area contributed by atoms with Gasteiger partial charge in [-0.25, -0.2) is 0 Å². The van der Waals surface area contributed by atoms with Crippen molar-refractivity contribution in [3.05, 3.63) is 84.4 Å². The van der Waals surface area contributed by atoms with Crippen LogP contribution in [0.5, 0.6) is 0 Å². The van der Waals surface area contributed by atoms with Crippen LogP contribution in [0.15, 0.2) is 73.3 Å². The number of amides is 1. The average molecular weight is 569 g/mol. The van der Waals surface area contributed by atoms with Crippen LogP contribution < -0.4 is 0 Å². The zero-order valence-electron chi connectivity index (χ0n) is 24.4. The highest BCUT2D eigenvalue weighted by Crippen LogP contribution is 2.41. The lowest BCUT2D eigenvalue weighted by Gasteiger charge is -2.41. The van der Waals surface area contributed by atoms with E-state index >= 15 is 0 Å². The van der Waals surface area contributed by atoms with Crippen LogP contribution in [0.3, 0.4) is 0 Å². The summed E-state index contributed by atoms with van der Waals surface area (Å²) >= 11 is 0. The van der Waals surface area contributed by atoms with Gasteiger partial charge in [-0.1, -0.05) is 66.7 Å². The van der Waals surface area contributed by atoms with Crippen molar-refractivity contribution in [2.75, 3.05) is 39.3 Å². The highest BCUT2D eigenvalue weighted by molar-refractivity contribution is 5.82. The Hall–Kier alpha value is -2.63. The molecule has 2 fully saturated rings. The summed E-state index contributed by atoms with van der Waals surface area (Å²) in [5, 5.41) is 23.5. The van der Waals surface area contributed by atoms with Crippen LogP contribution in [0.2, 0.25) is 0 Å². The number of hydrogen-bond donors (Lipinski definition) is 2. The van der Waals surface area contributed by atoms with Gasteiger partial charge >= 0.3 is 0 Å². The largest absolute Gasteiger partial charge is 0.387 e. The van der Waals surface area contributed by atoms with E-state index in [-0.39, 0.29) is 25.7 Å². The van der Waals surface area contributed by atoms with Gasteiger partial charge in [0.25, 0.3) is 5.91 Å². The Labute approximate surface area is 243 Å². The molecule has 0 aromatic heterocycles. The third-order valence-electron chi connectivity index (χ3n) is 7.75. The van der Waals surface area contributed by atoms with Crippen LogP contribution in [0.4, 0.5) is 0 Å². The van der Waals surface area contributed by atoms with E-state index in [0.717, 1.165) is 17.7 Å². The van der Waals surface area contributed by atoms with Crippen LogP contribution >= 0.6 is 0 Å². The molecule has 0 unspecified atom stereocenters. The Balaban J connectivity index is 1.55. The molecule has 9 heteroatoms. The first kappa shape index (κ1) is 31.3. The molecule has 224 valence electrons. The summed E-state index contributed by atoms with van der Waals surface area (Å²) in [6, 6.07) is 19.1. The van der Waals surface area contributed by atoms with E-state index < -0.39 is 35.8 Å². The number of carbonyl (C=O) groups is 1. The average Bonchev–Trinajstić information content (AvgIpc) is 3.22. The minimum Gasteiger partial charge on any atom is -0.387 e. The molecule has 0 aliphatic carbocycles. The molecule has 2 aliphatic heterocycles. The van der Waals surface area contributed by atoms with E-state index in [0.29, 0.717) is 26.2 Å². The van der Waals surface area contributed by atoms with Crippen molar-refractivity contribution < 1.29 is 34.0 Å². The predicted octanol–water partition coefficient (Wildman–Crippen LogP) is 2.75. The molecule has 2 heterocycles. The van der Waals surface area contributed by atoms with Gasteiger partial charge in [0.2, 0.25) is 0 Å². The van der Waals surface area contributed by atoms with Gasteiger partial charge in [-0.2, -0.15) is 0 Å². The standard InChI is InChI=1S/C32H44N2O7/c1-5-16-33-17-19-34(20-18-33)30(37)28(39-22-26-14-10-7-11-15-26)27(35)29(36)32(24(2)40-31(3,4)41-32)23-38-21-25-12-8-6-9-13-25/h5-15,24,27-29,35-36H,1,16-23H2,2-4H3/t24-,27-,28-,29+,32-/m1/s1. The molecule has 41 heavy (non-hydrogen) atoms. The number of piperazine rings is 1. The van der Waals surface area contributed by atoms with Crippen LogP contribution in [-0.4, -0.2) is 101 Å². The van der Waals surface area contributed by atoms with Gasteiger partial charge in [0, 0.05) is 32.7 Å². The first-order chi connectivity index (χ1) is 19.6. The van der Waals surface area contributed by atoms with E-state index in [9.17, 15) is 15.0 Å². The smallest absolute Gasteiger partial charge is 0.254 e. The second-order valence-corrected chi connectivity index (χ2v) is 11.3. The van der Waals surface area contributed by atoms with Crippen molar-refractivity contribution in [3.8, 4) is 0 Å². The van der Waals surface area contributed by atoms with Gasteiger partial charge in [-0.3, -0.25) is 9.69 Å². The monoisotopic (exact) mass is 568 g/mol. The predicted molar refractivity (Wildman–Crippen MR) is 155 cm³/mol. The van der Waals surface area contributed by atoms with Crippen molar-refractivity contribution in [3.63, 3.8) is 0 Å². The fourth-order valence-electron chi connectivity index (χ4n) is 5.57. The molecule has 0 radical (unpaired) electrons. The molecule has 1 amide bonds. The van der Waals surface area contributed by atoms with Gasteiger partial charge in [-0.15, -0.1) is 6.58 Å². The maximum Gasteiger partial charge on any atom is 0.254 e. The highest BCUT2D eigenvalue weighted by atomic mass is 16.8. The minimum absolute atomic E-state index is 0.0649. The fraction of sp³-hybridized carbons (Fsp3) is 0.531. The topological polar surface area (TPSA) is 101 Å². The van der Waals surface area contributed by atoms with Crippen LogP contribution in [0, 0.1) is 0 Å². The Morgan fingerprint density at radius 3 is 2.15 bits per heavy atom. The van der Waals surface area contributed by atoms with Crippen LogP contribution in [-0.2, 0) is 37.0 Å². The maximum absolute atomic E-state index is 13.8. The number of ether oxygens (including phenoxy) is 4. The molecule has 2 aliphatic rings. The number of benzene rings is 2. The molecule has 2 aromatic carbocycles. The Morgan fingerprint density at radius 1 is 1.02 bits per heavy atom. The summed E-state index contributed by atoms with van der Waals surface area (Å²) in [5.74, 6) is -1.42. The van der Waals surface area contributed by atoms with Crippen molar-refractivity contribution in [2.24, 2.45) is 0 Å². The first-order valence-corrected chi connectivity index (χ1v) is 14.3. The van der Waals surface area contributed by atoms with Crippen LogP contribution in [0.25, 0.3) is 0 Å². The lowest BCUT2D eigenvalue weighted by molar-refractivity contribution is -0.227. The van der Waals surface area contributed by atoms with Gasteiger partial charge in [0.1, 0.15) is 17.8 Å². The number of nitrogens with zero attached hydrogens (tertiary/aromatic N) is 2. The van der Waals surface area contributed by atoms with E-state index in [2.05, 4.69) is 11.5 Å². The summed E-state index contributed by atoms with van der Waals surface area (Å²) in [6.07, 6.45) is -3.30. The highest BCUT2D eigenvalue weighted by Gasteiger charge is 2.59. The van der Waals surface area contributed by atoms with E-state index in [1.165, 1.54) is 0 Å². The Morgan fingerprint density at radius 2 is 1.61 bits per heavy atom. The zero-order valence-corrected chi connectivity index (χ0v) is 24.4. The molecule has 2 aromatic rings. The van der Waals surface area contributed by atoms with E-state index in [1.807, 2.05) is 66.7 Å². The van der Waals surface area contributed by atoms with Gasteiger partial charge in [0.15, 0.2) is 11.9 Å². The SMILES string of the molecule is C=CCN1CCN(C(=O)[C@H](OCc2ccccc2)[C@@H](O)[C@H](O)[C@]2(COCc3ccccc3)OC(C)(C)O[C@@H]2C)CC1. The molecule has 0 saturated carbocycles. The van der Waals surface area contributed by atoms with Gasteiger partial charge < -0.3 is 34.1 Å². The van der Waals surface area contributed by atoms with Crippen molar-refractivity contribution in [2.45, 2.75) is 69.8 Å². The molecule has 0 bridgehead atoms.